The van der Waals surface area contributed by atoms with Crippen molar-refractivity contribution in [3.63, 3.8) is 0 Å². The zero-order chi connectivity index (χ0) is 18.4. The zero-order valence-electron chi connectivity index (χ0n) is 14.5. The maximum Gasteiger partial charge on any atom is 0.321 e. The van der Waals surface area contributed by atoms with E-state index in [9.17, 15) is 4.79 Å². The number of nitriles is 1. The summed E-state index contributed by atoms with van der Waals surface area (Å²) in [6.45, 7) is 1.08. The van der Waals surface area contributed by atoms with Gasteiger partial charge in [0.2, 0.25) is 0 Å². The maximum absolute atomic E-state index is 12.4. The third-order valence-electron chi connectivity index (χ3n) is 3.97. The zero-order valence-corrected chi connectivity index (χ0v) is 14.5. The van der Waals surface area contributed by atoms with E-state index in [0.29, 0.717) is 24.3 Å². The topological polar surface area (TPSA) is 74.0 Å². The summed E-state index contributed by atoms with van der Waals surface area (Å²) in [6, 6.07) is 18.7. The first-order valence-electron chi connectivity index (χ1n) is 8.22. The lowest BCUT2D eigenvalue weighted by molar-refractivity contribution is 0.219. The van der Waals surface area contributed by atoms with Gasteiger partial charge in [-0.15, -0.1) is 0 Å². The highest BCUT2D eigenvalue weighted by atomic mass is 16.2. The van der Waals surface area contributed by atoms with E-state index < -0.39 is 0 Å². The van der Waals surface area contributed by atoms with Crippen molar-refractivity contribution in [1.82, 2.24) is 14.5 Å². The Kier molecular flexibility index (Phi) is 5.30. The molecule has 0 saturated carbocycles. The summed E-state index contributed by atoms with van der Waals surface area (Å²) in [5.74, 6) is 0.803. The fourth-order valence-electron chi connectivity index (χ4n) is 2.59. The third kappa shape index (κ3) is 4.28. The van der Waals surface area contributed by atoms with Crippen LogP contribution in [0.3, 0.4) is 0 Å². The summed E-state index contributed by atoms with van der Waals surface area (Å²) in [5.41, 5.74) is 2.27. The molecule has 0 spiro atoms. The van der Waals surface area contributed by atoms with Crippen LogP contribution < -0.4 is 5.32 Å². The molecule has 2 aromatic carbocycles. The van der Waals surface area contributed by atoms with Gasteiger partial charge in [-0.1, -0.05) is 36.4 Å². The van der Waals surface area contributed by atoms with Crippen molar-refractivity contribution >= 4 is 11.7 Å². The smallest absolute Gasteiger partial charge is 0.321 e. The fraction of sp³-hybridized carbons (Fsp3) is 0.150. The molecule has 0 atom stereocenters. The predicted octanol–water partition coefficient (Wildman–Crippen LogP) is 3.47. The van der Waals surface area contributed by atoms with Crippen molar-refractivity contribution in [2.75, 3.05) is 12.4 Å². The molecule has 2 amide bonds. The molecule has 0 saturated heterocycles. The Balaban J connectivity index is 1.64. The van der Waals surface area contributed by atoms with Crippen LogP contribution in [-0.4, -0.2) is 27.5 Å². The van der Waals surface area contributed by atoms with E-state index in [-0.39, 0.29) is 6.03 Å². The Morgan fingerprint density at radius 2 is 2.04 bits per heavy atom. The van der Waals surface area contributed by atoms with Crippen molar-refractivity contribution in [2.45, 2.75) is 13.1 Å². The van der Waals surface area contributed by atoms with Crippen LogP contribution in [0.4, 0.5) is 10.5 Å². The second-order valence-electron chi connectivity index (χ2n) is 5.94. The highest BCUT2D eigenvalue weighted by Gasteiger charge is 2.13. The largest absolute Gasteiger partial charge is 0.329 e. The summed E-state index contributed by atoms with van der Waals surface area (Å²) < 4.78 is 2.02. The first-order chi connectivity index (χ1) is 12.7. The van der Waals surface area contributed by atoms with Gasteiger partial charge in [0.15, 0.2) is 0 Å². The highest BCUT2D eigenvalue weighted by molar-refractivity contribution is 5.89. The molecular weight excluding hydrogens is 326 g/mol. The number of anilines is 1. The molecule has 3 aromatic rings. The number of nitrogens with zero attached hydrogens (tertiary/aromatic N) is 4. The minimum atomic E-state index is -0.255. The Hall–Kier alpha value is -3.59. The summed E-state index contributed by atoms with van der Waals surface area (Å²) in [7, 11) is 1.71. The molecule has 6 heteroatoms. The third-order valence-corrected chi connectivity index (χ3v) is 3.97. The van der Waals surface area contributed by atoms with Crippen molar-refractivity contribution in [1.29, 1.82) is 5.26 Å². The Morgan fingerprint density at radius 1 is 1.23 bits per heavy atom. The second kappa shape index (κ2) is 7.99. The van der Waals surface area contributed by atoms with Gasteiger partial charge < -0.3 is 14.8 Å². The summed E-state index contributed by atoms with van der Waals surface area (Å²) >= 11 is 0. The normalized spacial score (nSPS) is 10.2. The van der Waals surface area contributed by atoms with E-state index >= 15 is 0 Å². The van der Waals surface area contributed by atoms with E-state index in [1.54, 1.807) is 42.4 Å². The molecule has 3 rings (SSSR count). The number of imidazole rings is 1. The Bertz CT molecular complexity index is 927. The molecule has 0 bridgehead atoms. The number of amides is 2. The molecule has 1 N–H and O–H groups in total. The van der Waals surface area contributed by atoms with Crippen LogP contribution in [0.1, 0.15) is 17.0 Å². The Morgan fingerprint density at radius 3 is 2.81 bits per heavy atom. The average Bonchev–Trinajstić information content (AvgIpc) is 3.09. The fourth-order valence-corrected chi connectivity index (χ4v) is 2.59. The quantitative estimate of drug-likeness (QED) is 0.769. The summed E-state index contributed by atoms with van der Waals surface area (Å²) in [5, 5.41) is 11.7. The summed E-state index contributed by atoms with van der Waals surface area (Å²) in [4.78, 5) is 18.3. The molecule has 0 unspecified atom stereocenters. The minimum absolute atomic E-state index is 0.255. The van der Waals surface area contributed by atoms with Gasteiger partial charge in [0.05, 0.1) is 18.2 Å². The van der Waals surface area contributed by atoms with E-state index in [1.165, 1.54) is 5.56 Å². The molecule has 1 heterocycles. The van der Waals surface area contributed by atoms with Gasteiger partial charge in [0, 0.05) is 31.7 Å². The molecule has 0 radical (unpaired) electrons. The van der Waals surface area contributed by atoms with E-state index in [4.69, 9.17) is 5.26 Å². The number of hydrogen-bond acceptors (Lipinski definition) is 3. The molecule has 0 fully saturated rings. The second-order valence-corrected chi connectivity index (χ2v) is 5.94. The molecule has 130 valence electrons. The van der Waals surface area contributed by atoms with Crippen LogP contribution in [0.25, 0.3) is 0 Å². The van der Waals surface area contributed by atoms with Crippen LogP contribution in [0, 0.1) is 11.3 Å². The van der Waals surface area contributed by atoms with Crippen LogP contribution in [0.15, 0.2) is 67.0 Å². The van der Waals surface area contributed by atoms with E-state index in [1.807, 2.05) is 29.0 Å². The van der Waals surface area contributed by atoms with Gasteiger partial charge in [-0.3, -0.25) is 0 Å². The van der Waals surface area contributed by atoms with Crippen LogP contribution in [0.2, 0.25) is 0 Å². The first-order valence-corrected chi connectivity index (χ1v) is 8.22. The van der Waals surface area contributed by atoms with Crippen molar-refractivity contribution < 1.29 is 4.79 Å². The number of nitrogens with one attached hydrogen (secondary N) is 1. The average molecular weight is 345 g/mol. The van der Waals surface area contributed by atoms with Gasteiger partial charge in [-0.2, -0.15) is 5.26 Å². The molecule has 1 aromatic heterocycles. The van der Waals surface area contributed by atoms with Gasteiger partial charge in [-0.05, 0) is 23.8 Å². The van der Waals surface area contributed by atoms with E-state index in [0.717, 1.165) is 5.82 Å². The van der Waals surface area contributed by atoms with Crippen molar-refractivity contribution in [3.8, 4) is 6.07 Å². The first kappa shape index (κ1) is 17.2. The van der Waals surface area contributed by atoms with Crippen molar-refractivity contribution in [2.24, 2.45) is 0 Å². The van der Waals surface area contributed by atoms with Crippen LogP contribution >= 0.6 is 0 Å². The number of benzene rings is 2. The maximum atomic E-state index is 12.4. The lowest BCUT2D eigenvalue weighted by Crippen LogP contribution is -2.32. The van der Waals surface area contributed by atoms with Gasteiger partial charge >= 0.3 is 6.03 Å². The number of carbonyl (C=O) groups is 1. The monoisotopic (exact) mass is 345 g/mol. The number of rotatable bonds is 5. The molecule has 6 nitrogen and oxygen atoms in total. The Labute approximate surface area is 152 Å². The summed E-state index contributed by atoms with van der Waals surface area (Å²) in [6.07, 6.45) is 3.64. The molecule has 0 aliphatic rings. The standard InChI is InChI=1S/C20H19N5O/c1-24(20(26)23-18-9-5-8-17(12-18)13-21)15-19-22-10-11-25(19)14-16-6-3-2-4-7-16/h2-12H,14-15H2,1H3,(H,23,26). The SMILES string of the molecule is CN(Cc1nccn1Cc1ccccc1)C(=O)Nc1cccc(C#N)c1. The van der Waals surface area contributed by atoms with Crippen LogP contribution in [0.5, 0.6) is 0 Å². The van der Waals surface area contributed by atoms with Gasteiger partial charge in [0.1, 0.15) is 5.82 Å². The minimum Gasteiger partial charge on any atom is -0.329 e. The highest BCUT2D eigenvalue weighted by Crippen LogP contribution is 2.12. The lowest BCUT2D eigenvalue weighted by atomic mass is 10.2. The number of aromatic nitrogens is 2. The number of urea groups is 1. The molecule has 0 aliphatic carbocycles. The predicted molar refractivity (Wildman–Crippen MR) is 99.4 cm³/mol. The molecule has 26 heavy (non-hydrogen) atoms. The van der Waals surface area contributed by atoms with E-state index in [2.05, 4.69) is 28.5 Å². The van der Waals surface area contributed by atoms with Gasteiger partial charge in [-0.25, -0.2) is 9.78 Å². The number of hydrogen-bond donors (Lipinski definition) is 1. The number of carbonyl (C=O) groups excluding carboxylic acids is 1. The van der Waals surface area contributed by atoms with Crippen LogP contribution in [-0.2, 0) is 13.1 Å². The van der Waals surface area contributed by atoms with Crippen molar-refractivity contribution in [3.05, 3.63) is 83.9 Å². The van der Waals surface area contributed by atoms with Gasteiger partial charge in [0.25, 0.3) is 0 Å². The molecular formula is C20H19N5O. The lowest BCUT2D eigenvalue weighted by Gasteiger charge is -2.18. The molecule has 0 aliphatic heterocycles.